The van der Waals surface area contributed by atoms with Crippen LogP contribution in [0.3, 0.4) is 0 Å². The molecule has 2 rings (SSSR count). The van der Waals surface area contributed by atoms with E-state index in [0.29, 0.717) is 6.61 Å². The van der Waals surface area contributed by atoms with Crippen LogP contribution < -0.4 is 4.74 Å². The van der Waals surface area contributed by atoms with Crippen LogP contribution in [0.2, 0.25) is 0 Å². The van der Waals surface area contributed by atoms with Gasteiger partial charge in [0.2, 0.25) is 5.88 Å². The summed E-state index contributed by atoms with van der Waals surface area (Å²) in [5.41, 5.74) is 0.962. The average molecular weight is 230 g/mol. The summed E-state index contributed by atoms with van der Waals surface area (Å²) >= 11 is 0. The molecule has 1 aromatic heterocycles. The van der Waals surface area contributed by atoms with Crippen LogP contribution in [0.25, 0.3) is 0 Å². The molecule has 2 aromatic rings. The van der Waals surface area contributed by atoms with Crippen molar-refractivity contribution in [1.82, 2.24) is 4.98 Å². The largest absolute Gasteiger partial charge is 0.473 e. The van der Waals surface area contributed by atoms with Crippen molar-refractivity contribution >= 4 is 5.69 Å². The van der Waals surface area contributed by atoms with E-state index in [1.165, 1.54) is 18.3 Å². The number of ether oxygens (including phenoxy) is 1. The molecule has 0 aliphatic rings. The molecule has 0 atom stereocenters. The van der Waals surface area contributed by atoms with E-state index in [0.717, 1.165) is 5.56 Å². The SMILES string of the molecule is O=[N+]([O-])c1ccnc(OCc2ccccc2)c1. The number of benzene rings is 1. The van der Waals surface area contributed by atoms with Crippen LogP contribution in [0.5, 0.6) is 5.88 Å². The molecule has 5 nitrogen and oxygen atoms in total. The molecule has 1 heterocycles. The summed E-state index contributed by atoms with van der Waals surface area (Å²) in [6.45, 7) is 0.342. The molecule has 0 bridgehead atoms. The molecule has 5 heteroatoms. The molecular weight excluding hydrogens is 220 g/mol. The molecular formula is C12H10N2O3. The average Bonchev–Trinajstić information content (AvgIpc) is 2.38. The Balaban J connectivity index is 2.04. The fourth-order valence-electron chi connectivity index (χ4n) is 1.32. The van der Waals surface area contributed by atoms with Crippen LogP contribution >= 0.6 is 0 Å². The maximum Gasteiger partial charge on any atom is 0.276 e. The van der Waals surface area contributed by atoms with Gasteiger partial charge < -0.3 is 4.74 Å². The van der Waals surface area contributed by atoms with Gasteiger partial charge in [0, 0.05) is 12.3 Å². The van der Waals surface area contributed by atoms with Gasteiger partial charge in [0.15, 0.2) is 0 Å². The number of aromatic nitrogens is 1. The molecule has 17 heavy (non-hydrogen) atoms. The predicted molar refractivity (Wildman–Crippen MR) is 61.7 cm³/mol. The third-order valence-corrected chi connectivity index (χ3v) is 2.16. The van der Waals surface area contributed by atoms with E-state index in [4.69, 9.17) is 4.74 Å². The maximum absolute atomic E-state index is 10.5. The van der Waals surface area contributed by atoms with Crippen molar-refractivity contribution in [2.75, 3.05) is 0 Å². The third kappa shape index (κ3) is 3.01. The minimum absolute atomic E-state index is 0.0249. The van der Waals surface area contributed by atoms with Crippen molar-refractivity contribution < 1.29 is 9.66 Å². The fraction of sp³-hybridized carbons (Fsp3) is 0.0833. The number of rotatable bonds is 4. The Kier molecular flexibility index (Phi) is 3.30. The number of nitro groups is 1. The van der Waals surface area contributed by atoms with Gasteiger partial charge in [-0.2, -0.15) is 0 Å². The summed E-state index contributed by atoms with van der Waals surface area (Å²) < 4.78 is 5.37. The van der Waals surface area contributed by atoms with Crippen molar-refractivity contribution in [1.29, 1.82) is 0 Å². The summed E-state index contributed by atoms with van der Waals surface area (Å²) in [5.74, 6) is 0.253. The molecule has 1 aromatic carbocycles. The van der Waals surface area contributed by atoms with E-state index in [-0.39, 0.29) is 11.6 Å². The van der Waals surface area contributed by atoms with Crippen LogP contribution in [0.1, 0.15) is 5.56 Å². The Morgan fingerprint density at radius 3 is 2.71 bits per heavy atom. The van der Waals surface area contributed by atoms with Gasteiger partial charge in [0.25, 0.3) is 5.69 Å². The molecule has 0 amide bonds. The van der Waals surface area contributed by atoms with Gasteiger partial charge in [-0.1, -0.05) is 30.3 Å². The summed E-state index contributed by atoms with van der Waals surface area (Å²) in [5, 5.41) is 10.5. The first-order chi connectivity index (χ1) is 8.25. The van der Waals surface area contributed by atoms with Crippen LogP contribution in [-0.2, 0) is 6.61 Å². The van der Waals surface area contributed by atoms with Crippen LogP contribution in [0.4, 0.5) is 5.69 Å². The Morgan fingerprint density at radius 2 is 2.00 bits per heavy atom. The normalized spacial score (nSPS) is 9.88. The van der Waals surface area contributed by atoms with Crippen molar-refractivity contribution in [3.8, 4) is 5.88 Å². The van der Waals surface area contributed by atoms with Crippen LogP contribution in [0.15, 0.2) is 48.7 Å². The Morgan fingerprint density at radius 1 is 1.24 bits per heavy atom. The molecule has 0 aliphatic heterocycles. The molecule has 0 saturated heterocycles. The number of nitrogens with zero attached hydrogens (tertiary/aromatic N) is 2. The van der Waals surface area contributed by atoms with E-state index in [2.05, 4.69) is 4.98 Å². The zero-order chi connectivity index (χ0) is 12.1. The van der Waals surface area contributed by atoms with Gasteiger partial charge in [0.05, 0.1) is 11.0 Å². The van der Waals surface area contributed by atoms with Gasteiger partial charge in [-0.3, -0.25) is 10.1 Å². The van der Waals surface area contributed by atoms with Gasteiger partial charge in [-0.15, -0.1) is 0 Å². The number of pyridine rings is 1. The highest BCUT2D eigenvalue weighted by molar-refractivity contribution is 5.32. The van der Waals surface area contributed by atoms with E-state index in [1.54, 1.807) is 0 Å². The Bertz CT molecular complexity index is 514. The minimum Gasteiger partial charge on any atom is -0.473 e. The summed E-state index contributed by atoms with van der Waals surface area (Å²) in [7, 11) is 0. The smallest absolute Gasteiger partial charge is 0.276 e. The van der Waals surface area contributed by atoms with E-state index in [9.17, 15) is 10.1 Å². The molecule has 0 spiro atoms. The lowest BCUT2D eigenvalue weighted by Crippen LogP contribution is -1.97. The van der Waals surface area contributed by atoms with Crippen molar-refractivity contribution in [3.05, 3.63) is 64.3 Å². The van der Waals surface area contributed by atoms with E-state index < -0.39 is 4.92 Å². The molecule has 0 fully saturated rings. The maximum atomic E-state index is 10.5. The highest BCUT2D eigenvalue weighted by atomic mass is 16.6. The molecule has 0 aliphatic carbocycles. The zero-order valence-electron chi connectivity index (χ0n) is 8.95. The van der Waals surface area contributed by atoms with E-state index in [1.807, 2.05) is 30.3 Å². The molecule has 0 radical (unpaired) electrons. The lowest BCUT2D eigenvalue weighted by Gasteiger charge is -2.04. The highest BCUT2D eigenvalue weighted by Gasteiger charge is 2.07. The quantitative estimate of drug-likeness (QED) is 0.598. The first kappa shape index (κ1) is 11.1. The first-order valence-electron chi connectivity index (χ1n) is 5.03. The lowest BCUT2D eigenvalue weighted by molar-refractivity contribution is -0.385. The second-order valence-electron chi connectivity index (χ2n) is 3.38. The third-order valence-electron chi connectivity index (χ3n) is 2.16. The van der Waals surface area contributed by atoms with Crippen molar-refractivity contribution in [2.24, 2.45) is 0 Å². The minimum atomic E-state index is -0.475. The topological polar surface area (TPSA) is 65.3 Å². The molecule has 86 valence electrons. The second kappa shape index (κ2) is 5.07. The first-order valence-corrected chi connectivity index (χ1v) is 5.03. The van der Waals surface area contributed by atoms with Crippen molar-refractivity contribution in [3.63, 3.8) is 0 Å². The van der Waals surface area contributed by atoms with Gasteiger partial charge in [-0.25, -0.2) is 4.98 Å². The summed E-state index contributed by atoms with van der Waals surface area (Å²) in [6.07, 6.45) is 1.36. The standard InChI is InChI=1S/C12H10N2O3/c15-14(16)11-6-7-13-12(8-11)17-9-10-4-2-1-3-5-10/h1-8H,9H2. The monoisotopic (exact) mass is 230 g/mol. The highest BCUT2D eigenvalue weighted by Crippen LogP contribution is 2.16. The second-order valence-corrected chi connectivity index (χ2v) is 3.38. The van der Waals surface area contributed by atoms with Crippen molar-refractivity contribution in [2.45, 2.75) is 6.61 Å². The lowest BCUT2D eigenvalue weighted by atomic mass is 10.2. The fourth-order valence-corrected chi connectivity index (χ4v) is 1.32. The summed E-state index contributed by atoms with van der Waals surface area (Å²) in [6, 6.07) is 12.2. The van der Waals surface area contributed by atoms with Gasteiger partial charge in [0.1, 0.15) is 6.61 Å². The van der Waals surface area contributed by atoms with Crippen LogP contribution in [-0.4, -0.2) is 9.91 Å². The molecule has 0 unspecified atom stereocenters. The van der Waals surface area contributed by atoms with Gasteiger partial charge >= 0.3 is 0 Å². The van der Waals surface area contributed by atoms with Gasteiger partial charge in [-0.05, 0) is 5.56 Å². The summed E-state index contributed by atoms with van der Waals surface area (Å²) in [4.78, 5) is 14.0. The Labute approximate surface area is 97.8 Å². The molecule has 0 saturated carbocycles. The van der Waals surface area contributed by atoms with Crippen LogP contribution in [0, 0.1) is 10.1 Å². The van der Waals surface area contributed by atoms with E-state index >= 15 is 0 Å². The zero-order valence-corrected chi connectivity index (χ0v) is 8.95. The molecule has 0 N–H and O–H groups in total. The predicted octanol–water partition coefficient (Wildman–Crippen LogP) is 2.57. The number of hydrogen-bond acceptors (Lipinski definition) is 4. The number of hydrogen-bond donors (Lipinski definition) is 0. The Hall–Kier alpha value is -2.43.